The van der Waals surface area contributed by atoms with Gasteiger partial charge in [0, 0.05) is 12.1 Å². The molecule has 0 bridgehead atoms. The second-order valence-electron chi connectivity index (χ2n) is 4.38. The predicted octanol–water partition coefficient (Wildman–Crippen LogP) is 3.50. The van der Waals surface area contributed by atoms with Crippen molar-refractivity contribution in [3.05, 3.63) is 45.5 Å². The monoisotopic (exact) mass is 401 g/mol. The van der Waals surface area contributed by atoms with E-state index in [9.17, 15) is 8.78 Å². The van der Waals surface area contributed by atoms with E-state index in [4.69, 9.17) is 10.5 Å². The topological polar surface area (TPSA) is 53.1 Å². The Hall–Kier alpha value is -1.90. The SMILES string of the molecule is COc1ccc(F)c(-n2c(N)nc3cc(I)c(F)cc32)c1. The zero-order chi connectivity index (χ0) is 15.1. The third kappa shape index (κ3) is 2.31. The van der Waals surface area contributed by atoms with Gasteiger partial charge in [-0.3, -0.25) is 4.57 Å². The molecule has 0 aliphatic carbocycles. The molecule has 0 spiro atoms. The summed E-state index contributed by atoms with van der Waals surface area (Å²) < 4.78 is 34.8. The summed E-state index contributed by atoms with van der Waals surface area (Å²) in [5, 5.41) is 0. The smallest absolute Gasteiger partial charge is 0.206 e. The molecule has 7 heteroatoms. The number of ether oxygens (including phenoxy) is 1. The second-order valence-corrected chi connectivity index (χ2v) is 5.54. The summed E-state index contributed by atoms with van der Waals surface area (Å²) in [6.07, 6.45) is 0. The standard InChI is InChI=1S/C14H10F2IN3O/c1-21-7-2-3-8(15)12(4-7)20-13-5-9(16)10(17)6-11(13)19-14(20)18/h2-6H,1H3,(H2,18,19). The van der Waals surface area contributed by atoms with Gasteiger partial charge in [0.2, 0.25) is 5.95 Å². The van der Waals surface area contributed by atoms with Gasteiger partial charge in [-0.25, -0.2) is 13.8 Å². The fraction of sp³-hybridized carbons (Fsp3) is 0.0714. The highest BCUT2D eigenvalue weighted by Gasteiger charge is 2.16. The molecule has 3 aromatic rings. The zero-order valence-electron chi connectivity index (χ0n) is 10.9. The number of hydrogen-bond donors (Lipinski definition) is 1. The molecule has 0 aliphatic heterocycles. The lowest BCUT2D eigenvalue weighted by atomic mass is 10.2. The maximum Gasteiger partial charge on any atom is 0.206 e. The number of fused-ring (bicyclic) bond motifs is 1. The van der Waals surface area contributed by atoms with Gasteiger partial charge in [-0.2, -0.15) is 0 Å². The highest BCUT2D eigenvalue weighted by atomic mass is 127. The van der Waals surface area contributed by atoms with Gasteiger partial charge in [-0.15, -0.1) is 0 Å². The van der Waals surface area contributed by atoms with E-state index in [2.05, 4.69) is 4.98 Å². The Morgan fingerprint density at radius 2 is 1.95 bits per heavy atom. The third-order valence-electron chi connectivity index (χ3n) is 3.12. The van der Waals surface area contributed by atoms with Gasteiger partial charge in [0.05, 0.1) is 27.4 Å². The summed E-state index contributed by atoms with van der Waals surface area (Å²) in [6.45, 7) is 0. The van der Waals surface area contributed by atoms with Crippen molar-refractivity contribution in [1.29, 1.82) is 0 Å². The Bertz CT molecular complexity index is 848. The highest BCUT2D eigenvalue weighted by Crippen LogP contribution is 2.29. The maximum atomic E-state index is 14.1. The van der Waals surface area contributed by atoms with Gasteiger partial charge in [-0.05, 0) is 40.8 Å². The van der Waals surface area contributed by atoms with Gasteiger partial charge in [-0.1, -0.05) is 0 Å². The Kier molecular flexibility index (Phi) is 3.44. The van der Waals surface area contributed by atoms with Gasteiger partial charge in [0.25, 0.3) is 0 Å². The quantitative estimate of drug-likeness (QED) is 0.669. The van der Waals surface area contributed by atoms with Crippen molar-refractivity contribution >= 4 is 39.6 Å². The van der Waals surface area contributed by atoms with E-state index in [1.54, 1.807) is 6.07 Å². The lowest BCUT2D eigenvalue weighted by Gasteiger charge is -2.10. The maximum absolute atomic E-state index is 14.1. The molecular formula is C14H10F2IN3O. The van der Waals surface area contributed by atoms with E-state index < -0.39 is 11.6 Å². The van der Waals surface area contributed by atoms with E-state index >= 15 is 0 Å². The van der Waals surface area contributed by atoms with Crippen LogP contribution in [0.2, 0.25) is 0 Å². The Labute approximate surface area is 132 Å². The van der Waals surface area contributed by atoms with Crippen LogP contribution in [0.15, 0.2) is 30.3 Å². The number of benzene rings is 2. The van der Waals surface area contributed by atoms with Crippen LogP contribution >= 0.6 is 22.6 Å². The van der Waals surface area contributed by atoms with Crippen molar-refractivity contribution in [1.82, 2.24) is 9.55 Å². The van der Waals surface area contributed by atoms with Gasteiger partial charge < -0.3 is 10.5 Å². The van der Waals surface area contributed by atoms with E-state index in [1.165, 1.54) is 35.9 Å². The average Bonchev–Trinajstić information content (AvgIpc) is 2.75. The average molecular weight is 401 g/mol. The first-order valence-corrected chi connectivity index (χ1v) is 7.06. The van der Waals surface area contributed by atoms with Crippen LogP contribution < -0.4 is 10.5 Å². The first kappa shape index (κ1) is 14.1. The number of halogens is 3. The van der Waals surface area contributed by atoms with Crippen molar-refractivity contribution in [3.8, 4) is 11.4 Å². The molecule has 21 heavy (non-hydrogen) atoms. The van der Waals surface area contributed by atoms with Crippen LogP contribution in [0.25, 0.3) is 16.7 Å². The lowest BCUT2D eigenvalue weighted by molar-refractivity contribution is 0.413. The van der Waals surface area contributed by atoms with E-state index in [0.29, 0.717) is 20.4 Å². The van der Waals surface area contributed by atoms with Crippen LogP contribution in [0.5, 0.6) is 5.75 Å². The van der Waals surface area contributed by atoms with Gasteiger partial charge in [0.1, 0.15) is 17.4 Å². The van der Waals surface area contributed by atoms with E-state index in [1.807, 2.05) is 22.6 Å². The molecule has 0 saturated heterocycles. The minimum Gasteiger partial charge on any atom is -0.497 e. The molecule has 0 saturated carbocycles. The minimum atomic E-state index is -0.499. The van der Waals surface area contributed by atoms with Crippen LogP contribution in [0.4, 0.5) is 14.7 Å². The fourth-order valence-electron chi connectivity index (χ4n) is 2.14. The number of nitrogens with zero attached hydrogens (tertiary/aromatic N) is 2. The molecule has 0 aliphatic rings. The minimum absolute atomic E-state index is 0.0820. The van der Waals surface area contributed by atoms with Gasteiger partial charge in [0.15, 0.2) is 0 Å². The van der Waals surface area contributed by atoms with Gasteiger partial charge >= 0.3 is 0 Å². The largest absolute Gasteiger partial charge is 0.497 e. The molecule has 108 valence electrons. The fourth-order valence-corrected chi connectivity index (χ4v) is 2.59. The number of aromatic nitrogens is 2. The number of imidazole rings is 1. The summed E-state index contributed by atoms with van der Waals surface area (Å²) in [6, 6.07) is 7.11. The van der Waals surface area contributed by atoms with Crippen molar-refractivity contribution < 1.29 is 13.5 Å². The molecule has 2 aromatic carbocycles. The lowest BCUT2D eigenvalue weighted by Crippen LogP contribution is -2.03. The molecule has 1 aromatic heterocycles. The molecule has 0 radical (unpaired) electrons. The predicted molar refractivity (Wildman–Crippen MR) is 84.7 cm³/mol. The van der Waals surface area contributed by atoms with Crippen molar-refractivity contribution in [2.75, 3.05) is 12.8 Å². The van der Waals surface area contributed by atoms with Crippen LogP contribution in [0.1, 0.15) is 0 Å². The molecule has 1 heterocycles. The summed E-state index contributed by atoms with van der Waals surface area (Å²) in [5.41, 5.74) is 6.93. The zero-order valence-corrected chi connectivity index (χ0v) is 13.1. The Balaban J connectivity index is 2.34. The molecule has 4 nitrogen and oxygen atoms in total. The number of rotatable bonds is 2. The number of hydrogen-bond acceptors (Lipinski definition) is 3. The summed E-state index contributed by atoms with van der Waals surface area (Å²) >= 11 is 1.87. The first-order chi connectivity index (χ1) is 10.0. The van der Waals surface area contributed by atoms with Crippen molar-refractivity contribution in [3.63, 3.8) is 0 Å². The summed E-state index contributed by atoms with van der Waals surface area (Å²) in [4.78, 5) is 4.15. The second kappa shape index (κ2) is 5.14. The molecule has 0 amide bonds. The third-order valence-corrected chi connectivity index (χ3v) is 3.94. The van der Waals surface area contributed by atoms with Crippen molar-refractivity contribution in [2.45, 2.75) is 0 Å². The van der Waals surface area contributed by atoms with Crippen LogP contribution in [-0.2, 0) is 0 Å². The molecule has 2 N–H and O–H groups in total. The Morgan fingerprint density at radius 3 is 2.67 bits per heavy atom. The summed E-state index contributed by atoms with van der Waals surface area (Å²) in [7, 11) is 1.48. The number of anilines is 1. The first-order valence-electron chi connectivity index (χ1n) is 5.98. The molecule has 0 fully saturated rings. The molecule has 0 unspecified atom stereocenters. The molecule has 3 rings (SSSR count). The van der Waals surface area contributed by atoms with Crippen LogP contribution in [-0.4, -0.2) is 16.7 Å². The van der Waals surface area contributed by atoms with Crippen LogP contribution in [0, 0.1) is 15.2 Å². The summed E-state index contributed by atoms with van der Waals surface area (Å²) in [5.74, 6) is -0.356. The van der Waals surface area contributed by atoms with Crippen LogP contribution in [0.3, 0.4) is 0 Å². The Morgan fingerprint density at radius 1 is 1.19 bits per heavy atom. The normalized spacial score (nSPS) is 11.0. The number of nitrogens with two attached hydrogens (primary N) is 1. The number of nitrogen functional groups attached to an aromatic ring is 1. The highest BCUT2D eigenvalue weighted by molar-refractivity contribution is 14.1. The number of methoxy groups -OCH3 is 1. The molecular weight excluding hydrogens is 391 g/mol. The van der Waals surface area contributed by atoms with E-state index in [0.717, 1.165) is 0 Å². The molecule has 0 atom stereocenters. The van der Waals surface area contributed by atoms with E-state index in [-0.39, 0.29) is 11.6 Å². The van der Waals surface area contributed by atoms with Crippen molar-refractivity contribution in [2.24, 2.45) is 0 Å².